The van der Waals surface area contributed by atoms with Crippen molar-refractivity contribution in [2.75, 3.05) is 0 Å². The quantitative estimate of drug-likeness (QED) is 0.296. The standard InChI is InChI=1S/C33H34N4O4.Fe/c1-7-21-18(4)26-13-28-20(6)23(9-11-33(40)41)31(37-28)15-30-22(8-10-32(38)39)19(5)27(36-30)12-24-16(2)17(3)25(34-24)14-29(21)35-26;/h7,12-15H,1,8-11H2,2-6H3,(H4,34,35,36,37,38,39,40,41);/p-2. The minimum atomic E-state index is -0.891. The fourth-order valence-corrected chi connectivity index (χ4v) is 5.46. The number of aliphatic carboxylic acids is 2. The van der Waals surface area contributed by atoms with Crippen molar-refractivity contribution < 1.29 is 36.9 Å². The van der Waals surface area contributed by atoms with Gasteiger partial charge in [0.1, 0.15) is 0 Å². The van der Waals surface area contributed by atoms with Gasteiger partial charge >= 0.3 is 11.9 Å². The molecule has 8 bridgehead atoms. The van der Waals surface area contributed by atoms with E-state index in [0.717, 1.165) is 72.5 Å². The number of carboxylic acid groups (broad SMARTS) is 2. The van der Waals surface area contributed by atoms with Crippen LogP contribution in [0.4, 0.5) is 0 Å². The van der Waals surface area contributed by atoms with Crippen molar-refractivity contribution in [3.8, 4) is 0 Å². The summed E-state index contributed by atoms with van der Waals surface area (Å²) in [4.78, 5) is 42.7. The Hall–Kier alpha value is -4.20. The maximum atomic E-state index is 11.5. The average Bonchev–Trinajstić information content (AvgIpc) is 3.56. The van der Waals surface area contributed by atoms with E-state index in [-0.39, 0.29) is 29.9 Å². The van der Waals surface area contributed by atoms with Gasteiger partial charge in [0.05, 0.1) is 22.8 Å². The van der Waals surface area contributed by atoms with Crippen LogP contribution in [0.1, 0.15) is 78.1 Å². The number of aromatic nitrogens is 4. The number of aryl methyl sites for hydroxylation is 4. The van der Waals surface area contributed by atoms with Crippen molar-refractivity contribution in [2.24, 2.45) is 0 Å². The number of rotatable bonds is 7. The molecule has 0 spiro atoms. The Labute approximate surface area is 254 Å². The van der Waals surface area contributed by atoms with Crippen molar-refractivity contribution in [2.45, 2.75) is 60.3 Å². The Bertz CT molecular complexity index is 1870. The molecule has 5 heterocycles. The summed E-state index contributed by atoms with van der Waals surface area (Å²) in [6.07, 6.45) is 2.35. The third-order valence-electron chi connectivity index (χ3n) is 8.13. The number of fused-ring (bicyclic) bond motifs is 8. The molecule has 0 atom stereocenters. The van der Waals surface area contributed by atoms with Gasteiger partial charge in [0.2, 0.25) is 0 Å². The normalized spacial score (nSPS) is 12.9. The minimum Gasteiger partial charge on any atom is -0.657 e. The van der Waals surface area contributed by atoms with Crippen LogP contribution >= 0.6 is 0 Å². The topological polar surface area (TPSA) is 129 Å². The van der Waals surface area contributed by atoms with E-state index in [0.29, 0.717) is 29.7 Å². The first-order valence-corrected chi connectivity index (χ1v) is 13.6. The molecule has 3 aromatic heterocycles. The zero-order valence-corrected chi connectivity index (χ0v) is 25.4. The van der Waals surface area contributed by atoms with Crippen molar-refractivity contribution in [3.63, 3.8) is 0 Å². The monoisotopic (exact) mass is 604 g/mol. The van der Waals surface area contributed by atoms with Gasteiger partial charge in [-0.25, -0.2) is 9.97 Å². The van der Waals surface area contributed by atoms with Gasteiger partial charge in [-0.3, -0.25) is 9.59 Å². The SMILES string of the molecule is C=CC1=C(C)c2cc3nc(cc4[n-]c(cc5[n-]c(cc1n2)c(C)c5C)c(C)c4CCC(=O)O)C(CCC(=O)O)=C3C.[Fe]. The first kappa shape index (κ1) is 30.8. The molecule has 218 valence electrons. The number of nitrogens with zero attached hydrogens (tertiary/aromatic N) is 4. The molecular weight excluding hydrogens is 572 g/mol. The zero-order valence-electron chi connectivity index (χ0n) is 24.3. The molecule has 0 aliphatic carbocycles. The molecule has 0 fully saturated rings. The summed E-state index contributed by atoms with van der Waals surface area (Å²) in [5.41, 5.74) is 13.2. The molecule has 8 nitrogen and oxygen atoms in total. The molecule has 0 saturated carbocycles. The second-order valence-corrected chi connectivity index (χ2v) is 10.6. The number of hydrogen-bond acceptors (Lipinski definition) is 4. The van der Waals surface area contributed by atoms with E-state index in [1.165, 1.54) is 0 Å². The van der Waals surface area contributed by atoms with Gasteiger partial charge in [0.15, 0.2) is 0 Å². The van der Waals surface area contributed by atoms with Crippen LogP contribution in [0.3, 0.4) is 0 Å². The van der Waals surface area contributed by atoms with E-state index >= 15 is 0 Å². The Kier molecular flexibility index (Phi) is 8.76. The van der Waals surface area contributed by atoms with E-state index < -0.39 is 11.9 Å². The number of carboxylic acids is 2. The minimum absolute atomic E-state index is 0. The van der Waals surface area contributed by atoms with Gasteiger partial charge in [-0.1, -0.05) is 53.1 Å². The summed E-state index contributed by atoms with van der Waals surface area (Å²) < 4.78 is 0. The van der Waals surface area contributed by atoms with Gasteiger partial charge < -0.3 is 20.2 Å². The van der Waals surface area contributed by atoms with E-state index in [1.54, 1.807) is 6.08 Å². The van der Waals surface area contributed by atoms with Crippen molar-refractivity contribution in [3.05, 3.63) is 81.9 Å². The molecule has 2 N–H and O–H groups in total. The fourth-order valence-electron chi connectivity index (χ4n) is 5.46. The summed E-state index contributed by atoms with van der Waals surface area (Å²) >= 11 is 0. The molecule has 0 radical (unpaired) electrons. The molecule has 2 aliphatic rings. The van der Waals surface area contributed by atoms with Crippen LogP contribution in [0.2, 0.25) is 0 Å². The Balaban J connectivity index is 0.00000405. The molecule has 0 saturated heterocycles. The maximum Gasteiger partial charge on any atom is 0.303 e. The second kappa shape index (κ2) is 12.0. The fraction of sp³-hybridized carbons (Fsp3) is 0.273. The van der Waals surface area contributed by atoms with Crippen LogP contribution in [-0.4, -0.2) is 32.1 Å². The van der Waals surface area contributed by atoms with E-state index in [4.69, 9.17) is 19.9 Å². The molecule has 5 rings (SSSR count). The molecule has 2 aliphatic heterocycles. The van der Waals surface area contributed by atoms with Crippen molar-refractivity contribution in [1.29, 1.82) is 0 Å². The number of hydrogen-bond donors (Lipinski definition) is 2. The number of carbonyl (C=O) groups is 2. The van der Waals surface area contributed by atoms with Crippen LogP contribution < -0.4 is 9.97 Å². The van der Waals surface area contributed by atoms with Gasteiger partial charge in [-0.05, 0) is 70.2 Å². The van der Waals surface area contributed by atoms with Gasteiger partial charge in [-0.15, -0.1) is 22.1 Å². The summed E-state index contributed by atoms with van der Waals surface area (Å²) in [7, 11) is 0. The van der Waals surface area contributed by atoms with E-state index in [1.807, 2.05) is 58.9 Å². The summed E-state index contributed by atoms with van der Waals surface area (Å²) in [6.45, 7) is 14.0. The van der Waals surface area contributed by atoms with Gasteiger partial charge in [0.25, 0.3) is 0 Å². The smallest absolute Gasteiger partial charge is 0.303 e. The van der Waals surface area contributed by atoms with E-state index in [2.05, 4.69) is 6.58 Å². The van der Waals surface area contributed by atoms with Crippen LogP contribution in [-0.2, 0) is 33.1 Å². The predicted molar refractivity (Wildman–Crippen MR) is 161 cm³/mol. The molecule has 3 aromatic rings. The number of allylic oxidation sites excluding steroid dienone is 5. The molecule has 42 heavy (non-hydrogen) atoms. The van der Waals surface area contributed by atoms with Crippen molar-refractivity contribution in [1.82, 2.24) is 19.9 Å². The predicted octanol–water partition coefficient (Wildman–Crippen LogP) is 6.43. The van der Waals surface area contributed by atoms with Crippen LogP contribution in [0.5, 0.6) is 0 Å². The summed E-state index contributed by atoms with van der Waals surface area (Å²) in [5, 5.41) is 18.8. The Morgan fingerprint density at radius 3 is 1.88 bits per heavy atom. The van der Waals surface area contributed by atoms with Crippen LogP contribution in [0.15, 0.2) is 36.9 Å². The third-order valence-corrected chi connectivity index (χ3v) is 8.13. The molecular formula is C33H32FeN4O4-2. The summed E-state index contributed by atoms with van der Waals surface area (Å²) in [6, 6.07) is 7.71. The van der Waals surface area contributed by atoms with Crippen LogP contribution in [0, 0.1) is 20.8 Å². The van der Waals surface area contributed by atoms with Gasteiger partial charge in [0, 0.05) is 35.5 Å². The van der Waals surface area contributed by atoms with Crippen LogP contribution in [0.25, 0.3) is 44.4 Å². The van der Waals surface area contributed by atoms with Crippen molar-refractivity contribution >= 4 is 56.3 Å². The molecule has 9 heteroatoms. The van der Waals surface area contributed by atoms with Gasteiger partial charge in [-0.2, -0.15) is 0 Å². The summed E-state index contributed by atoms with van der Waals surface area (Å²) in [5.74, 6) is -1.78. The first-order chi connectivity index (χ1) is 19.5. The molecule has 0 aromatic carbocycles. The maximum absolute atomic E-state index is 11.5. The Morgan fingerprint density at radius 1 is 0.714 bits per heavy atom. The average molecular weight is 604 g/mol. The zero-order chi connectivity index (χ0) is 29.6. The second-order valence-electron chi connectivity index (χ2n) is 10.6. The largest absolute Gasteiger partial charge is 0.657 e. The Morgan fingerprint density at radius 2 is 1.24 bits per heavy atom. The third kappa shape index (κ3) is 5.62. The molecule has 0 amide bonds. The molecule has 0 unspecified atom stereocenters. The first-order valence-electron chi connectivity index (χ1n) is 13.6. The van der Waals surface area contributed by atoms with E-state index in [9.17, 15) is 19.8 Å².